The molecule has 0 aliphatic carbocycles. The van der Waals surface area contributed by atoms with E-state index in [2.05, 4.69) is 4.74 Å². The second-order valence-electron chi connectivity index (χ2n) is 3.48. The Morgan fingerprint density at radius 2 is 2.17 bits per heavy atom. The highest BCUT2D eigenvalue weighted by atomic mass is 19.3. The monoisotopic (exact) mass is 261 g/mol. The third-order valence-corrected chi connectivity index (χ3v) is 2.04. The zero-order valence-corrected chi connectivity index (χ0v) is 9.22. The smallest absolute Gasteiger partial charge is 0.387 e. The van der Waals surface area contributed by atoms with Gasteiger partial charge in [0.1, 0.15) is 0 Å². The number of nitro benzene ring substituents is 1. The van der Waals surface area contributed by atoms with Crippen LogP contribution >= 0.6 is 0 Å². The molecular formula is C10H9F2NO5. The van der Waals surface area contributed by atoms with E-state index in [1.807, 2.05) is 0 Å². The Bertz CT molecular complexity index is 489. The molecule has 0 spiro atoms. The third-order valence-electron chi connectivity index (χ3n) is 2.04. The van der Waals surface area contributed by atoms with Gasteiger partial charge in [0, 0.05) is 11.6 Å². The van der Waals surface area contributed by atoms with Gasteiger partial charge >= 0.3 is 18.3 Å². The van der Waals surface area contributed by atoms with E-state index in [4.69, 9.17) is 5.11 Å². The van der Waals surface area contributed by atoms with Gasteiger partial charge in [-0.15, -0.1) is 0 Å². The summed E-state index contributed by atoms with van der Waals surface area (Å²) in [6.45, 7) is -1.77. The Morgan fingerprint density at radius 1 is 1.56 bits per heavy atom. The van der Waals surface area contributed by atoms with E-state index in [0.29, 0.717) is 5.56 Å². The molecule has 0 fully saturated rings. The second-order valence-corrected chi connectivity index (χ2v) is 3.48. The third kappa shape index (κ3) is 3.37. The Morgan fingerprint density at radius 3 is 2.61 bits per heavy atom. The minimum atomic E-state index is -3.26. The summed E-state index contributed by atoms with van der Waals surface area (Å²) in [5.41, 5.74) is -0.444. The van der Waals surface area contributed by atoms with Crippen molar-refractivity contribution in [3.05, 3.63) is 33.4 Å². The number of carboxylic acids is 1. The molecule has 0 heterocycles. The molecule has 1 aromatic carbocycles. The highest BCUT2D eigenvalue weighted by molar-refractivity contribution is 5.73. The van der Waals surface area contributed by atoms with Crippen molar-refractivity contribution in [1.29, 1.82) is 0 Å². The van der Waals surface area contributed by atoms with Crippen molar-refractivity contribution >= 4 is 11.7 Å². The van der Waals surface area contributed by atoms with E-state index < -0.39 is 35.4 Å². The van der Waals surface area contributed by atoms with E-state index in [1.54, 1.807) is 0 Å². The number of rotatable bonds is 5. The van der Waals surface area contributed by atoms with Crippen molar-refractivity contribution in [3.8, 4) is 5.75 Å². The van der Waals surface area contributed by atoms with Crippen molar-refractivity contribution in [2.24, 2.45) is 0 Å². The highest BCUT2D eigenvalue weighted by Gasteiger charge is 2.24. The van der Waals surface area contributed by atoms with Crippen LogP contribution in [0.4, 0.5) is 14.5 Å². The van der Waals surface area contributed by atoms with Crippen LogP contribution in [-0.2, 0) is 11.2 Å². The fourth-order valence-electron chi connectivity index (χ4n) is 1.48. The predicted octanol–water partition coefficient (Wildman–Crippen LogP) is 2.13. The van der Waals surface area contributed by atoms with Crippen LogP contribution in [0.3, 0.4) is 0 Å². The number of aryl methyl sites for hydroxylation is 1. The molecule has 0 aromatic heterocycles. The topological polar surface area (TPSA) is 89.7 Å². The van der Waals surface area contributed by atoms with E-state index in [1.165, 1.54) is 13.0 Å². The lowest BCUT2D eigenvalue weighted by Crippen LogP contribution is -2.10. The molecule has 1 N–H and O–H groups in total. The Kier molecular flexibility index (Phi) is 4.13. The zero-order chi connectivity index (χ0) is 13.9. The van der Waals surface area contributed by atoms with Gasteiger partial charge in [0.2, 0.25) is 5.75 Å². The molecule has 0 aliphatic heterocycles. The first kappa shape index (κ1) is 13.8. The van der Waals surface area contributed by atoms with Gasteiger partial charge in [-0.25, -0.2) is 0 Å². The minimum absolute atomic E-state index is 0.158. The molecule has 0 saturated carbocycles. The average Bonchev–Trinajstić information content (AvgIpc) is 2.19. The summed E-state index contributed by atoms with van der Waals surface area (Å²) in [7, 11) is 0. The van der Waals surface area contributed by atoms with Crippen molar-refractivity contribution in [1.82, 2.24) is 0 Å². The number of benzene rings is 1. The summed E-state index contributed by atoms with van der Waals surface area (Å²) in [5, 5.41) is 19.4. The minimum Gasteiger partial charge on any atom is -0.481 e. The van der Waals surface area contributed by atoms with Crippen LogP contribution in [-0.4, -0.2) is 22.6 Å². The van der Waals surface area contributed by atoms with Gasteiger partial charge in [0.05, 0.1) is 11.3 Å². The Labute approximate surface area is 99.9 Å². The van der Waals surface area contributed by atoms with Crippen LogP contribution in [0.2, 0.25) is 0 Å². The molecule has 0 unspecified atom stereocenters. The van der Waals surface area contributed by atoms with Gasteiger partial charge in [-0.2, -0.15) is 8.78 Å². The van der Waals surface area contributed by atoms with Crippen molar-refractivity contribution in [2.75, 3.05) is 0 Å². The number of nitrogens with zero attached hydrogens (tertiary/aromatic N) is 1. The number of aliphatic carboxylic acids is 1. The molecule has 0 saturated heterocycles. The number of hydrogen-bond acceptors (Lipinski definition) is 4. The number of alkyl halides is 2. The fraction of sp³-hybridized carbons (Fsp3) is 0.300. The molecule has 0 aliphatic rings. The summed E-state index contributed by atoms with van der Waals surface area (Å²) >= 11 is 0. The summed E-state index contributed by atoms with van der Waals surface area (Å²) in [6, 6.07) is 2.31. The Hall–Kier alpha value is -2.25. The van der Waals surface area contributed by atoms with Crippen LogP contribution in [0.15, 0.2) is 12.1 Å². The number of hydrogen-bond donors (Lipinski definition) is 1. The van der Waals surface area contributed by atoms with Crippen molar-refractivity contribution < 1.29 is 28.3 Å². The molecular weight excluding hydrogens is 252 g/mol. The number of nitro groups is 1. The van der Waals surface area contributed by atoms with Gasteiger partial charge in [-0.1, -0.05) is 6.07 Å². The highest BCUT2D eigenvalue weighted by Crippen LogP contribution is 2.34. The first-order valence-electron chi connectivity index (χ1n) is 4.75. The van der Waals surface area contributed by atoms with Gasteiger partial charge in [-0.05, 0) is 12.5 Å². The molecule has 18 heavy (non-hydrogen) atoms. The van der Waals surface area contributed by atoms with Crippen LogP contribution in [0.25, 0.3) is 0 Å². The summed E-state index contributed by atoms with van der Waals surface area (Å²) in [5.74, 6) is -2.00. The molecule has 98 valence electrons. The van der Waals surface area contributed by atoms with Gasteiger partial charge in [-0.3, -0.25) is 14.9 Å². The SMILES string of the molecule is Cc1cc(CC(=O)O)c(OC(F)F)c([N+](=O)[O-])c1. The number of carbonyl (C=O) groups is 1. The average molecular weight is 261 g/mol. The van der Waals surface area contributed by atoms with E-state index >= 15 is 0 Å². The Balaban J connectivity index is 3.36. The van der Waals surface area contributed by atoms with E-state index in [-0.39, 0.29) is 5.56 Å². The normalized spacial score (nSPS) is 10.4. The number of carboxylic acid groups (broad SMARTS) is 1. The quantitative estimate of drug-likeness (QED) is 0.647. The summed E-state index contributed by atoms with van der Waals surface area (Å²) in [6.07, 6.45) is -0.634. The van der Waals surface area contributed by atoms with E-state index in [9.17, 15) is 23.7 Å². The number of ether oxygens (including phenoxy) is 1. The molecule has 0 bridgehead atoms. The lowest BCUT2D eigenvalue weighted by Gasteiger charge is -2.10. The fourth-order valence-corrected chi connectivity index (χ4v) is 1.48. The maximum Gasteiger partial charge on any atom is 0.387 e. The summed E-state index contributed by atoms with van der Waals surface area (Å²) < 4.78 is 28.4. The van der Waals surface area contributed by atoms with Crippen LogP contribution in [0.5, 0.6) is 5.75 Å². The van der Waals surface area contributed by atoms with Crippen LogP contribution in [0, 0.1) is 17.0 Å². The lowest BCUT2D eigenvalue weighted by atomic mass is 10.1. The van der Waals surface area contributed by atoms with E-state index in [0.717, 1.165) is 6.07 Å². The molecule has 0 radical (unpaired) electrons. The van der Waals surface area contributed by atoms with Crippen LogP contribution < -0.4 is 4.74 Å². The predicted molar refractivity (Wildman–Crippen MR) is 55.8 cm³/mol. The standard InChI is InChI=1S/C10H9F2NO5/c1-5-2-6(4-8(14)15)9(18-10(11)12)7(3-5)13(16)17/h2-3,10H,4H2,1H3,(H,14,15). The van der Waals surface area contributed by atoms with Crippen LogP contribution in [0.1, 0.15) is 11.1 Å². The molecule has 1 aromatic rings. The zero-order valence-electron chi connectivity index (χ0n) is 9.22. The molecule has 1 rings (SSSR count). The van der Waals surface area contributed by atoms with Gasteiger partial charge < -0.3 is 9.84 Å². The summed E-state index contributed by atoms with van der Waals surface area (Å²) in [4.78, 5) is 20.4. The maximum atomic E-state index is 12.2. The van der Waals surface area contributed by atoms with Crippen molar-refractivity contribution in [2.45, 2.75) is 20.0 Å². The van der Waals surface area contributed by atoms with Gasteiger partial charge in [0.15, 0.2) is 0 Å². The van der Waals surface area contributed by atoms with Gasteiger partial charge in [0.25, 0.3) is 0 Å². The molecule has 0 atom stereocenters. The molecule has 0 amide bonds. The number of halogens is 2. The second kappa shape index (κ2) is 5.39. The lowest BCUT2D eigenvalue weighted by molar-refractivity contribution is -0.386. The first-order chi connectivity index (χ1) is 8.31. The molecule has 8 heteroatoms. The van der Waals surface area contributed by atoms with Crippen molar-refractivity contribution in [3.63, 3.8) is 0 Å². The first-order valence-corrected chi connectivity index (χ1v) is 4.75. The largest absolute Gasteiger partial charge is 0.481 e. The maximum absolute atomic E-state index is 12.2. The molecule has 6 nitrogen and oxygen atoms in total.